The Morgan fingerprint density at radius 2 is 2.02 bits per heavy atom. The Balaban J connectivity index is 1.34. The number of halogens is 2. The fourth-order valence-electron chi connectivity index (χ4n) is 6.39. The first-order chi connectivity index (χ1) is 22.0. The predicted molar refractivity (Wildman–Crippen MR) is 165 cm³/mol. The Hall–Kier alpha value is -3.94. The topological polar surface area (TPSA) is 88.8 Å². The van der Waals surface area contributed by atoms with Gasteiger partial charge in [0, 0.05) is 53.0 Å². The monoisotopic (exact) mass is 606 g/mol. The van der Waals surface area contributed by atoms with Crippen molar-refractivity contribution in [3.63, 3.8) is 0 Å². The average Bonchev–Trinajstić information content (AvgIpc) is 3.53. The molecule has 43 heavy (non-hydrogen) atoms. The molecule has 2 saturated heterocycles. The first-order valence-electron chi connectivity index (χ1n) is 16.0. The third-order valence-electron chi connectivity index (χ3n) is 8.58. The minimum absolute atomic E-state index is 0.0222. The van der Waals surface area contributed by atoms with Gasteiger partial charge in [-0.15, -0.1) is 0 Å². The van der Waals surface area contributed by atoms with E-state index < -0.39 is 24.8 Å². The molecule has 4 heterocycles. The number of carbonyl (C=O) groups is 1. The van der Waals surface area contributed by atoms with Gasteiger partial charge in [-0.3, -0.25) is 4.79 Å². The number of carbonyl (C=O) groups excluding carboxylic acids is 1. The third kappa shape index (κ3) is 5.84. The molecular weight excluding hydrogens is 569 g/mol. The van der Waals surface area contributed by atoms with E-state index in [0.29, 0.717) is 49.9 Å². The highest BCUT2D eigenvalue weighted by atomic mass is 35.5. The number of piperazine rings is 1. The smallest absolute Gasteiger partial charge is 0.318 e. The summed E-state index contributed by atoms with van der Waals surface area (Å²) in [7, 11) is 0. The largest absolute Gasteiger partial charge is 0.462 e. The molecule has 11 heteroatoms. The van der Waals surface area contributed by atoms with E-state index in [0.717, 1.165) is 34.1 Å². The van der Waals surface area contributed by atoms with Crippen molar-refractivity contribution in [2.45, 2.75) is 44.3 Å². The van der Waals surface area contributed by atoms with E-state index in [2.05, 4.69) is 17.5 Å². The molecule has 2 fully saturated rings. The zero-order valence-corrected chi connectivity index (χ0v) is 24.6. The highest BCUT2D eigenvalue weighted by Crippen LogP contribution is 2.37. The van der Waals surface area contributed by atoms with Crippen LogP contribution in [0.3, 0.4) is 0 Å². The first-order valence-corrected chi connectivity index (χ1v) is 14.9. The molecule has 224 valence electrons. The maximum absolute atomic E-state index is 13.8. The Kier molecular flexibility index (Phi) is 7.34. The SMILES string of the molecule is [2H]C([2H])([2H])N1CCC[C@H]1COc1nc2c(c(N3CCN(C(=O)C(=C)F)[C@@H](CC#N)C3)n1)CCN(c1cccc3cccc(Cl)c13)C2. The molecular formula is C32H35ClFN7O2. The van der Waals surface area contributed by atoms with Gasteiger partial charge < -0.3 is 24.3 Å². The number of hydrogen-bond donors (Lipinski definition) is 0. The molecule has 2 atom stereocenters. The van der Waals surface area contributed by atoms with E-state index in [1.165, 1.54) is 9.80 Å². The summed E-state index contributed by atoms with van der Waals surface area (Å²) in [5.74, 6) is -1.23. The van der Waals surface area contributed by atoms with Crippen LogP contribution in [0.25, 0.3) is 10.8 Å². The number of ether oxygens (including phenoxy) is 1. The number of hydrogen-bond acceptors (Lipinski definition) is 8. The third-order valence-corrected chi connectivity index (χ3v) is 8.89. The summed E-state index contributed by atoms with van der Waals surface area (Å²) in [6, 6.07) is 13.3. The van der Waals surface area contributed by atoms with Crippen LogP contribution in [-0.4, -0.2) is 84.1 Å². The lowest BCUT2D eigenvalue weighted by molar-refractivity contribution is -0.131. The van der Waals surface area contributed by atoms with Crippen LogP contribution in [0.4, 0.5) is 15.9 Å². The van der Waals surface area contributed by atoms with Crippen molar-refractivity contribution in [3.05, 3.63) is 65.1 Å². The second kappa shape index (κ2) is 12.3. The summed E-state index contributed by atoms with van der Waals surface area (Å²) in [6.45, 7) is 3.49. The molecule has 3 aromatic rings. The minimum atomic E-state index is -2.22. The first kappa shape index (κ1) is 25.5. The molecule has 0 spiro atoms. The molecule has 2 aromatic carbocycles. The second-order valence-corrected chi connectivity index (χ2v) is 11.6. The van der Waals surface area contributed by atoms with Crippen molar-refractivity contribution in [2.75, 3.05) is 56.1 Å². The Morgan fingerprint density at radius 1 is 1.19 bits per heavy atom. The molecule has 0 N–H and O–H groups in total. The van der Waals surface area contributed by atoms with Gasteiger partial charge in [0.1, 0.15) is 12.4 Å². The van der Waals surface area contributed by atoms with Gasteiger partial charge in [0.25, 0.3) is 5.91 Å². The van der Waals surface area contributed by atoms with E-state index in [4.69, 9.17) is 30.4 Å². The highest BCUT2D eigenvalue weighted by molar-refractivity contribution is 6.36. The predicted octanol–water partition coefficient (Wildman–Crippen LogP) is 4.73. The Morgan fingerprint density at radius 3 is 2.81 bits per heavy atom. The van der Waals surface area contributed by atoms with Crippen molar-refractivity contribution < 1.29 is 18.0 Å². The normalized spacial score (nSPS) is 22.0. The van der Waals surface area contributed by atoms with Gasteiger partial charge in [0.15, 0.2) is 5.83 Å². The van der Waals surface area contributed by atoms with Crippen molar-refractivity contribution >= 4 is 39.8 Å². The van der Waals surface area contributed by atoms with Crippen LogP contribution in [0.15, 0.2) is 48.8 Å². The summed E-state index contributed by atoms with van der Waals surface area (Å²) < 4.78 is 43.7. The molecule has 0 radical (unpaired) electrons. The van der Waals surface area contributed by atoms with Crippen molar-refractivity contribution in [1.82, 2.24) is 19.8 Å². The van der Waals surface area contributed by atoms with Gasteiger partial charge in [-0.1, -0.05) is 42.4 Å². The number of amides is 1. The molecule has 0 saturated carbocycles. The number of likely N-dealkylation sites (N-methyl/N-ethyl adjacent to an activating group) is 1. The van der Waals surface area contributed by atoms with Gasteiger partial charge in [-0.25, -0.2) is 4.39 Å². The number of benzene rings is 2. The van der Waals surface area contributed by atoms with Crippen LogP contribution in [0.5, 0.6) is 6.01 Å². The maximum Gasteiger partial charge on any atom is 0.318 e. The summed E-state index contributed by atoms with van der Waals surface area (Å²) in [5, 5.41) is 12.2. The lowest BCUT2D eigenvalue weighted by Gasteiger charge is -2.42. The van der Waals surface area contributed by atoms with E-state index in [1.54, 1.807) is 0 Å². The molecule has 1 aromatic heterocycles. The van der Waals surface area contributed by atoms with E-state index >= 15 is 0 Å². The van der Waals surface area contributed by atoms with E-state index in [9.17, 15) is 14.4 Å². The highest BCUT2D eigenvalue weighted by Gasteiger charge is 2.35. The zero-order valence-electron chi connectivity index (χ0n) is 26.8. The van der Waals surface area contributed by atoms with Gasteiger partial charge in [0.05, 0.1) is 35.8 Å². The lowest BCUT2D eigenvalue weighted by Crippen LogP contribution is -2.55. The van der Waals surface area contributed by atoms with Gasteiger partial charge in [-0.05, 0) is 50.3 Å². The van der Waals surface area contributed by atoms with Crippen LogP contribution in [-0.2, 0) is 17.8 Å². The Labute approximate surface area is 260 Å². The molecule has 6 rings (SSSR count). The molecule has 0 unspecified atom stereocenters. The van der Waals surface area contributed by atoms with Crippen LogP contribution < -0.4 is 14.5 Å². The van der Waals surface area contributed by atoms with E-state index in [1.807, 2.05) is 41.3 Å². The quantitative estimate of drug-likeness (QED) is 0.357. The summed E-state index contributed by atoms with van der Waals surface area (Å²) >= 11 is 6.67. The number of anilines is 2. The zero-order chi connectivity index (χ0) is 32.6. The van der Waals surface area contributed by atoms with Crippen LogP contribution in [0.1, 0.15) is 34.6 Å². The molecule has 0 aliphatic carbocycles. The fourth-order valence-corrected chi connectivity index (χ4v) is 6.67. The number of fused-ring (bicyclic) bond motifs is 2. The van der Waals surface area contributed by atoms with Crippen LogP contribution >= 0.6 is 11.6 Å². The van der Waals surface area contributed by atoms with Crippen LogP contribution in [0, 0.1) is 11.3 Å². The molecule has 3 aliphatic heterocycles. The molecule has 9 nitrogen and oxygen atoms in total. The maximum atomic E-state index is 13.8. The van der Waals surface area contributed by atoms with Crippen molar-refractivity contribution in [2.24, 2.45) is 0 Å². The molecule has 3 aliphatic rings. The van der Waals surface area contributed by atoms with Crippen molar-refractivity contribution in [3.8, 4) is 12.1 Å². The second-order valence-electron chi connectivity index (χ2n) is 11.2. The van der Waals surface area contributed by atoms with Gasteiger partial charge in [-0.2, -0.15) is 15.2 Å². The summed E-state index contributed by atoms with van der Waals surface area (Å²) in [5.41, 5.74) is 2.69. The molecule has 0 bridgehead atoms. The number of nitriles is 1. The number of nitrogens with zero attached hydrogens (tertiary/aromatic N) is 7. The van der Waals surface area contributed by atoms with Gasteiger partial charge >= 0.3 is 6.01 Å². The summed E-state index contributed by atoms with van der Waals surface area (Å²) in [4.78, 5) is 29.3. The summed E-state index contributed by atoms with van der Waals surface area (Å²) in [6.07, 6.45) is 2.09. The number of rotatable bonds is 7. The minimum Gasteiger partial charge on any atom is -0.462 e. The van der Waals surface area contributed by atoms with E-state index in [-0.39, 0.29) is 38.2 Å². The number of aromatic nitrogens is 2. The lowest BCUT2D eigenvalue weighted by atomic mass is 10.0. The standard InChI is InChI=1S/C32H35ClFN7O2/c1-21(34)31(42)41-17-16-40(18-23(41)11-13-35)30-25-12-15-39(28-10-4-7-22-6-3-9-26(33)29(22)28)19-27(25)36-32(37-30)43-20-24-8-5-14-38(24)2/h3-4,6-7,9-10,23-24H,1,5,8,11-12,14-20H2,2H3/t23-,24-/m0/s1/i2D3. The molecule has 1 amide bonds. The van der Waals surface area contributed by atoms with Crippen molar-refractivity contribution in [1.29, 1.82) is 5.26 Å². The fraction of sp³-hybridized carbons (Fsp3) is 0.438. The Bertz CT molecular complexity index is 1700. The number of likely N-dealkylation sites (tertiary alicyclic amines) is 1. The van der Waals surface area contributed by atoms with Crippen LogP contribution in [0.2, 0.25) is 5.02 Å². The average molecular weight is 607 g/mol. The van der Waals surface area contributed by atoms with Gasteiger partial charge in [0.2, 0.25) is 0 Å².